The van der Waals surface area contributed by atoms with Crippen molar-refractivity contribution in [2.75, 3.05) is 30.8 Å². The van der Waals surface area contributed by atoms with Gasteiger partial charge < -0.3 is 10.3 Å². The van der Waals surface area contributed by atoms with Crippen LogP contribution < -0.4 is 5.73 Å². The van der Waals surface area contributed by atoms with Gasteiger partial charge in [-0.2, -0.15) is 16.7 Å². The van der Waals surface area contributed by atoms with Crippen LogP contribution in [-0.4, -0.2) is 40.1 Å². The molecule has 0 aliphatic carbocycles. The van der Waals surface area contributed by atoms with Crippen LogP contribution in [0.5, 0.6) is 0 Å². The Hall–Kier alpha value is -0.750. The fourth-order valence-electron chi connectivity index (χ4n) is 1.34. The Balaban J connectivity index is 2.14. The number of anilines is 1. The summed E-state index contributed by atoms with van der Waals surface area (Å²) in [5, 5.41) is 3.82. The van der Waals surface area contributed by atoms with Crippen molar-refractivity contribution in [3.8, 4) is 0 Å². The Morgan fingerprint density at radius 2 is 2.54 bits per heavy atom. The summed E-state index contributed by atoms with van der Waals surface area (Å²) >= 11 is 1.91. The van der Waals surface area contributed by atoms with Crippen molar-refractivity contribution >= 4 is 17.8 Å². The van der Waals surface area contributed by atoms with Gasteiger partial charge in [-0.1, -0.05) is 5.16 Å². The summed E-state index contributed by atoms with van der Waals surface area (Å²) in [6.45, 7) is 1.06. The molecule has 1 saturated heterocycles. The fraction of sp³-hybridized carbons (Fsp3) is 0.714. The van der Waals surface area contributed by atoms with Crippen molar-refractivity contribution < 1.29 is 4.52 Å². The monoisotopic (exact) mass is 200 g/mol. The summed E-state index contributed by atoms with van der Waals surface area (Å²) in [5.74, 6) is 2.88. The van der Waals surface area contributed by atoms with Crippen LogP contribution in [0.2, 0.25) is 0 Å². The average molecular weight is 200 g/mol. The molecule has 6 heteroatoms. The van der Waals surface area contributed by atoms with Gasteiger partial charge in [0.1, 0.15) is 0 Å². The molecule has 1 fully saturated rings. The summed E-state index contributed by atoms with van der Waals surface area (Å²) < 4.78 is 4.75. The zero-order valence-corrected chi connectivity index (χ0v) is 8.25. The lowest BCUT2D eigenvalue weighted by molar-refractivity contribution is 0.257. The van der Waals surface area contributed by atoms with Gasteiger partial charge in [-0.15, -0.1) is 0 Å². The molecule has 1 aliphatic heterocycles. The quantitative estimate of drug-likeness (QED) is 0.706. The molecule has 0 bridgehead atoms. The van der Waals surface area contributed by atoms with E-state index >= 15 is 0 Å². The molecule has 2 rings (SSSR count). The molecule has 1 aromatic heterocycles. The number of hydrogen-bond donors (Lipinski definition) is 1. The van der Waals surface area contributed by atoms with E-state index in [0.29, 0.717) is 5.82 Å². The maximum atomic E-state index is 5.37. The maximum Gasteiger partial charge on any atom is 0.318 e. The van der Waals surface area contributed by atoms with E-state index in [1.165, 1.54) is 5.75 Å². The maximum absolute atomic E-state index is 5.37. The van der Waals surface area contributed by atoms with E-state index in [-0.39, 0.29) is 12.1 Å². The third-order valence-electron chi connectivity index (χ3n) is 2.15. The van der Waals surface area contributed by atoms with Crippen molar-refractivity contribution in [3.63, 3.8) is 0 Å². The Bertz CT molecular complexity index is 290. The van der Waals surface area contributed by atoms with Gasteiger partial charge in [0.2, 0.25) is 0 Å². The van der Waals surface area contributed by atoms with Gasteiger partial charge in [0.15, 0.2) is 5.82 Å². The molecule has 13 heavy (non-hydrogen) atoms. The second kappa shape index (κ2) is 3.55. The van der Waals surface area contributed by atoms with Gasteiger partial charge in [-0.25, -0.2) is 0 Å². The molecular weight excluding hydrogens is 188 g/mol. The molecule has 0 saturated carbocycles. The molecular formula is C7H12N4OS. The summed E-state index contributed by atoms with van der Waals surface area (Å²) in [4.78, 5) is 6.25. The highest BCUT2D eigenvalue weighted by Gasteiger charge is 2.25. The van der Waals surface area contributed by atoms with Crippen molar-refractivity contribution in [1.29, 1.82) is 0 Å². The second-order valence-corrected chi connectivity index (χ2v) is 4.21. The van der Waals surface area contributed by atoms with Crippen molar-refractivity contribution in [1.82, 2.24) is 15.0 Å². The van der Waals surface area contributed by atoms with Gasteiger partial charge >= 0.3 is 6.01 Å². The largest absolute Gasteiger partial charge is 0.351 e. The third-order valence-corrected chi connectivity index (χ3v) is 3.17. The minimum absolute atomic E-state index is 0.152. The zero-order chi connectivity index (χ0) is 9.26. The molecule has 2 heterocycles. The zero-order valence-electron chi connectivity index (χ0n) is 7.43. The topological polar surface area (TPSA) is 68.2 Å². The number of hydrogen-bond acceptors (Lipinski definition) is 6. The molecule has 1 atom stereocenters. The first-order chi connectivity index (χ1) is 6.27. The van der Waals surface area contributed by atoms with Crippen LogP contribution in [0.15, 0.2) is 4.52 Å². The van der Waals surface area contributed by atoms with Crippen LogP contribution in [0, 0.1) is 0 Å². The van der Waals surface area contributed by atoms with Gasteiger partial charge in [-0.3, -0.25) is 4.90 Å². The second-order valence-electron chi connectivity index (χ2n) is 3.06. The van der Waals surface area contributed by atoms with Crippen molar-refractivity contribution in [2.24, 2.45) is 0 Å². The Morgan fingerprint density at radius 3 is 3.15 bits per heavy atom. The highest BCUT2D eigenvalue weighted by Crippen LogP contribution is 2.26. The molecule has 72 valence electrons. The van der Waals surface area contributed by atoms with E-state index in [1.54, 1.807) is 0 Å². The molecule has 1 unspecified atom stereocenters. The molecule has 0 spiro atoms. The first kappa shape index (κ1) is 8.83. The highest BCUT2D eigenvalue weighted by atomic mass is 32.2. The van der Waals surface area contributed by atoms with Crippen molar-refractivity contribution in [3.05, 3.63) is 5.82 Å². The van der Waals surface area contributed by atoms with E-state index < -0.39 is 0 Å². The van der Waals surface area contributed by atoms with E-state index in [0.717, 1.165) is 12.3 Å². The molecule has 2 N–H and O–H groups in total. The van der Waals surface area contributed by atoms with Crippen LogP contribution in [-0.2, 0) is 0 Å². The number of thioether (sulfide) groups is 1. The number of nitrogens with two attached hydrogens (primary N) is 1. The Labute approximate surface area is 80.7 Å². The summed E-state index contributed by atoms with van der Waals surface area (Å²) in [7, 11) is 2.07. The van der Waals surface area contributed by atoms with E-state index in [9.17, 15) is 0 Å². The summed E-state index contributed by atoms with van der Waals surface area (Å²) in [6.07, 6.45) is 0. The van der Waals surface area contributed by atoms with Crippen molar-refractivity contribution in [2.45, 2.75) is 6.04 Å². The van der Waals surface area contributed by atoms with Crippen LogP contribution in [0.25, 0.3) is 0 Å². The lowest BCUT2D eigenvalue weighted by Crippen LogP contribution is -2.33. The third kappa shape index (κ3) is 1.78. The van der Waals surface area contributed by atoms with Gasteiger partial charge in [-0.05, 0) is 7.05 Å². The Morgan fingerprint density at radius 1 is 1.69 bits per heavy atom. The van der Waals surface area contributed by atoms with Crippen LogP contribution in [0.4, 0.5) is 6.01 Å². The molecule has 5 nitrogen and oxygen atoms in total. The predicted octanol–water partition coefficient (Wildman–Crippen LogP) is 0.372. The average Bonchev–Trinajstić information content (AvgIpc) is 2.53. The van der Waals surface area contributed by atoms with Gasteiger partial charge in [0, 0.05) is 18.1 Å². The first-order valence-electron chi connectivity index (χ1n) is 4.14. The van der Waals surface area contributed by atoms with Crippen LogP contribution >= 0.6 is 11.8 Å². The standard InChI is InChI=1S/C7H12N4OS/c1-11-2-3-13-4-5(11)6-9-7(8)12-10-6/h5H,2-4H2,1H3,(H2,8,9,10). The minimum Gasteiger partial charge on any atom is -0.351 e. The van der Waals surface area contributed by atoms with Crippen LogP contribution in [0.3, 0.4) is 0 Å². The fourth-order valence-corrected chi connectivity index (χ4v) is 2.55. The lowest BCUT2D eigenvalue weighted by atomic mass is 10.3. The summed E-state index contributed by atoms with van der Waals surface area (Å²) in [6, 6.07) is 0.402. The smallest absolute Gasteiger partial charge is 0.318 e. The van der Waals surface area contributed by atoms with Gasteiger partial charge in [0.05, 0.1) is 6.04 Å². The molecule has 1 aromatic rings. The number of rotatable bonds is 1. The van der Waals surface area contributed by atoms with Crippen LogP contribution in [0.1, 0.15) is 11.9 Å². The number of nitrogens with zero attached hydrogens (tertiary/aromatic N) is 3. The predicted molar refractivity (Wildman–Crippen MR) is 51.4 cm³/mol. The lowest BCUT2D eigenvalue weighted by Gasteiger charge is -2.29. The SMILES string of the molecule is CN1CCSCC1c1noc(N)n1. The number of nitrogen functional groups attached to an aromatic ring is 1. The molecule has 0 amide bonds. The van der Waals surface area contributed by atoms with E-state index in [4.69, 9.17) is 10.3 Å². The normalized spacial score (nSPS) is 24.8. The van der Waals surface area contributed by atoms with E-state index in [1.807, 2.05) is 11.8 Å². The van der Waals surface area contributed by atoms with Gasteiger partial charge in [0.25, 0.3) is 0 Å². The first-order valence-corrected chi connectivity index (χ1v) is 5.30. The summed E-state index contributed by atoms with van der Waals surface area (Å²) in [5.41, 5.74) is 5.37. The highest BCUT2D eigenvalue weighted by molar-refractivity contribution is 7.99. The molecule has 0 radical (unpaired) electrons. The molecule has 1 aliphatic rings. The van der Waals surface area contributed by atoms with E-state index in [2.05, 4.69) is 22.1 Å². The molecule has 0 aromatic carbocycles. The minimum atomic E-state index is 0.152. The Kier molecular flexibility index (Phi) is 2.41. The number of aromatic nitrogens is 2.